The molecule has 2 rings (SSSR count). The van der Waals surface area contributed by atoms with Gasteiger partial charge in [0.15, 0.2) is 5.78 Å². The summed E-state index contributed by atoms with van der Waals surface area (Å²) in [5.41, 5.74) is 12.1. The molecule has 4 N–H and O–H groups in total. The Balaban J connectivity index is 2.39. The lowest BCUT2D eigenvalue weighted by atomic mass is 9.95. The van der Waals surface area contributed by atoms with Gasteiger partial charge < -0.3 is 16.4 Å². The number of nitrogens with two attached hydrogens (primary N) is 2. The maximum atomic E-state index is 12.0. The highest BCUT2D eigenvalue weighted by Gasteiger charge is 2.31. The number of ketones is 1. The number of rotatable bonds is 5. The Kier molecular flexibility index (Phi) is 4.56. The molecule has 1 atom stereocenters. The fourth-order valence-electron chi connectivity index (χ4n) is 2.78. The number of nitrogen functional groups attached to an aromatic ring is 1. The number of nitrogens with zero attached hydrogens (tertiary/aromatic N) is 1. The third-order valence-electron chi connectivity index (χ3n) is 4.20. The molecule has 0 spiro atoms. The van der Waals surface area contributed by atoms with Crippen molar-refractivity contribution in [3.63, 3.8) is 0 Å². The van der Waals surface area contributed by atoms with Crippen molar-refractivity contribution in [2.24, 2.45) is 17.6 Å². The molecule has 21 heavy (non-hydrogen) atoms. The van der Waals surface area contributed by atoms with Crippen molar-refractivity contribution in [2.75, 3.05) is 23.7 Å². The zero-order chi connectivity index (χ0) is 15.7. The SMILES string of the molecule is CCC(=O)c1sc(N2CCC(C(C)C)C2)c(C(N)=O)c1N. The molecule has 0 aromatic carbocycles. The molecule has 1 aliphatic rings. The monoisotopic (exact) mass is 309 g/mol. The number of thiophene rings is 1. The summed E-state index contributed by atoms with van der Waals surface area (Å²) in [5, 5.41) is 0.764. The van der Waals surface area contributed by atoms with Crippen molar-refractivity contribution < 1.29 is 9.59 Å². The van der Waals surface area contributed by atoms with Crippen LogP contribution >= 0.6 is 11.3 Å². The summed E-state index contributed by atoms with van der Waals surface area (Å²) in [5.74, 6) is 0.605. The first-order valence-corrected chi connectivity index (χ1v) is 8.18. The van der Waals surface area contributed by atoms with E-state index in [1.54, 1.807) is 6.92 Å². The second-order valence-electron chi connectivity index (χ2n) is 5.90. The molecule has 5 nitrogen and oxygen atoms in total. The van der Waals surface area contributed by atoms with Crippen LogP contribution in [0, 0.1) is 11.8 Å². The van der Waals surface area contributed by atoms with Gasteiger partial charge in [-0.2, -0.15) is 0 Å². The van der Waals surface area contributed by atoms with Gasteiger partial charge in [-0.25, -0.2) is 0 Å². The van der Waals surface area contributed by atoms with Gasteiger partial charge in [0.1, 0.15) is 5.00 Å². The smallest absolute Gasteiger partial charge is 0.253 e. The summed E-state index contributed by atoms with van der Waals surface area (Å²) in [4.78, 5) is 26.3. The van der Waals surface area contributed by atoms with Crippen LogP contribution < -0.4 is 16.4 Å². The van der Waals surface area contributed by atoms with Crippen LogP contribution in [-0.2, 0) is 0 Å². The average molecular weight is 309 g/mol. The molecule has 0 bridgehead atoms. The minimum Gasteiger partial charge on any atom is -0.397 e. The van der Waals surface area contributed by atoms with E-state index in [0.717, 1.165) is 24.5 Å². The third kappa shape index (κ3) is 2.90. The number of hydrogen-bond acceptors (Lipinski definition) is 5. The summed E-state index contributed by atoms with van der Waals surface area (Å²) in [7, 11) is 0. The lowest BCUT2D eigenvalue weighted by molar-refractivity contribution is 0.0991. The van der Waals surface area contributed by atoms with Gasteiger partial charge in [-0.3, -0.25) is 9.59 Å². The Morgan fingerprint density at radius 3 is 2.57 bits per heavy atom. The second-order valence-corrected chi connectivity index (χ2v) is 6.90. The largest absolute Gasteiger partial charge is 0.397 e. The minimum atomic E-state index is -0.554. The Hall–Kier alpha value is -1.56. The third-order valence-corrected chi connectivity index (χ3v) is 5.51. The number of anilines is 2. The number of primary amides is 1. The van der Waals surface area contributed by atoms with Crippen LogP contribution in [-0.4, -0.2) is 24.8 Å². The van der Waals surface area contributed by atoms with Gasteiger partial charge in [0.25, 0.3) is 5.91 Å². The van der Waals surface area contributed by atoms with Crippen molar-refractivity contribution in [3.05, 3.63) is 10.4 Å². The van der Waals surface area contributed by atoms with Crippen LogP contribution in [0.5, 0.6) is 0 Å². The Morgan fingerprint density at radius 2 is 2.10 bits per heavy atom. The van der Waals surface area contributed by atoms with Gasteiger partial charge in [0, 0.05) is 19.5 Å². The Labute approximate surface area is 129 Å². The van der Waals surface area contributed by atoms with Gasteiger partial charge in [0.2, 0.25) is 0 Å². The van der Waals surface area contributed by atoms with E-state index in [2.05, 4.69) is 18.7 Å². The summed E-state index contributed by atoms with van der Waals surface area (Å²) in [6, 6.07) is 0. The van der Waals surface area contributed by atoms with Crippen molar-refractivity contribution in [2.45, 2.75) is 33.6 Å². The molecule has 1 aliphatic heterocycles. The van der Waals surface area contributed by atoms with Gasteiger partial charge in [-0.15, -0.1) is 11.3 Å². The molecule has 1 amide bonds. The van der Waals surface area contributed by atoms with Crippen molar-refractivity contribution in [3.8, 4) is 0 Å². The van der Waals surface area contributed by atoms with Gasteiger partial charge in [-0.05, 0) is 18.3 Å². The quantitative estimate of drug-likeness (QED) is 0.818. The van der Waals surface area contributed by atoms with E-state index in [0.29, 0.717) is 28.7 Å². The average Bonchev–Trinajstić information content (AvgIpc) is 3.01. The highest BCUT2D eigenvalue weighted by Crippen LogP contribution is 2.41. The van der Waals surface area contributed by atoms with Crippen molar-refractivity contribution >= 4 is 33.7 Å². The molecule has 1 saturated heterocycles. The van der Waals surface area contributed by atoms with Crippen LogP contribution in [0.4, 0.5) is 10.7 Å². The summed E-state index contributed by atoms with van der Waals surface area (Å²) < 4.78 is 0. The molecule has 1 aromatic rings. The van der Waals surface area contributed by atoms with Crippen molar-refractivity contribution in [1.29, 1.82) is 0 Å². The molecule has 1 aromatic heterocycles. The molecule has 6 heteroatoms. The topological polar surface area (TPSA) is 89.4 Å². The number of Topliss-reactive ketones (excluding diaryl/α,β-unsaturated/α-hetero) is 1. The molecular weight excluding hydrogens is 286 g/mol. The van der Waals surface area contributed by atoms with Crippen LogP contribution in [0.15, 0.2) is 0 Å². The Bertz CT molecular complexity index is 566. The van der Waals surface area contributed by atoms with E-state index in [1.165, 1.54) is 11.3 Å². The van der Waals surface area contributed by atoms with Crippen LogP contribution in [0.3, 0.4) is 0 Å². The highest BCUT2D eigenvalue weighted by molar-refractivity contribution is 7.19. The molecule has 2 heterocycles. The summed E-state index contributed by atoms with van der Waals surface area (Å²) >= 11 is 1.31. The standard InChI is InChI=1S/C15H23N3O2S/c1-4-10(19)13-12(16)11(14(17)20)15(21-13)18-6-5-9(7-18)8(2)3/h8-9H,4-7,16H2,1-3H3,(H2,17,20). The van der Waals surface area contributed by atoms with E-state index >= 15 is 0 Å². The molecule has 1 fully saturated rings. The van der Waals surface area contributed by atoms with Crippen LogP contribution in [0.2, 0.25) is 0 Å². The molecule has 1 unspecified atom stereocenters. The van der Waals surface area contributed by atoms with Gasteiger partial charge >= 0.3 is 0 Å². The zero-order valence-corrected chi connectivity index (χ0v) is 13.6. The molecule has 0 radical (unpaired) electrons. The number of carbonyl (C=O) groups is 2. The van der Waals surface area contributed by atoms with Crippen molar-refractivity contribution in [1.82, 2.24) is 0 Å². The lowest BCUT2D eigenvalue weighted by Crippen LogP contribution is -2.24. The maximum Gasteiger partial charge on any atom is 0.253 e. The van der Waals surface area contributed by atoms with E-state index in [-0.39, 0.29) is 11.5 Å². The van der Waals surface area contributed by atoms with E-state index in [4.69, 9.17) is 11.5 Å². The predicted molar refractivity (Wildman–Crippen MR) is 87.0 cm³/mol. The Morgan fingerprint density at radius 1 is 1.43 bits per heavy atom. The summed E-state index contributed by atoms with van der Waals surface area (Å²) in [6.45, 7) is 7.96. The fraction of sp³-hybridized carbons (Fsp3) is 0.600. The highest BCUT2D eigenvalue weighted by atomic mass is 32.1. The first-order chi connectivity index (χ1) is 9.86. The second kappa shape index (κ2) is 6.05. The zero-order valence-electron chi connectivity index (χ0n) is 12.8. The molecule has 0 aliphatic carbocycles. The molecule has 0 saturated carbocycles. The minimum absolute atomic E-state index is 0.0362. The molecular formula is C15H23N3O2S. The number of carbonyl (C=O) groups excluding carboxylic acids is 2. The molecule has 116 valence electrons. The number of hydrogen-bond donors (Lipinski definition) is 2. The van der Waals surface area contributed by atoms with Crippen LogP contribution in [0.1, 0.15) is 53.6 Å². The first kappa shape index (κ1) is 15.8. The first-order valence-electron chi connectivity index (χ1n) is 7.37. The normalized spacial score (nSPS) is 18.5. The lowest BCUT2D eigenvalue weighted by Gasteiger charge is -2.19. The van der Waals surface area contributed by atoms with Crippen LogP contribution in [0.25, 0.3) is 0 Å². The summed E-state index contributed by atoms with van der Waals surface area (Å²) in [6.07, 6.45) is 1.46. The van der Waals surface area contributed by atoms with E-state index in [1.807, 2.05) is 0 Å². The van der Waals surface area contributed by atoms with Gasteiger partial charge in [-0.1, -0.05) is 20.8 Å². The van der Waals surface area contributed by atoms with E-state index < -0.39 is 5.91 Å². The fourth-order valence-corrected chi connectivity index (χ4v) is 4.05. The van der Waals surface area contributed by atoms with Gasteiger partial charge in [0.05, 0.1) is 16.1 Å². The van der Waals surface area contributed by atoms with E-state index in [9.17, 15) is 9.59 Å². The predicted octanol–water partition coefficient (Wildman–Crippen LogP) is 2.50. The maximum absolute atomic E-state index is 12.0. The number of amides is 1.